The van der Waals surface area contributed by atoms with Crippen LogP contribution in [0.15, 0.2) is 18.5 Å². The Bertz CT molecular complexity index is 440. The van der Waals surface area contributed by atoms with E-state index in [-0.39, 0.29) is 0 Å². The highest BCUT2D eigenvalue weighted by Crippen LogP contribution is 2.14. The number of aromatic nitrogens is 2. The molecule has 0 aliphatic heterocycles. The molecule has 1 aromatic carbocycles. The molecule has 0 atom stereocenters. The summed E-state index contributed by atoms with van der Waals surface area (Å²) in [7, 11) is -1.52. The number of H-pyrrole nitrogens is 1. The van der Waals surface area contributed by atoms with Crippen LogP contribution in [-0.2, 0) is 0 Å². The first kappa shape index (κ1) is 8.09. The van der Waals surface area contributed by atoms with Gasteiger partial charge >= 0.3 is 7.12 Å². The Morgan fingerprint density at radius 3 is 2.85 bits per heavy atom. The summed E-state index contributed by atoms with van der Waals surface area (Å²) in [6.45, 7) is 0. The molecule has 1 heterocycles. The van der Waals surface area contributed by atoms with Crippen molar-refractivity contribution in [3.8, 4) is 0 Å². The Morgan fingerprint density at radius 2 is 2.15 bits per heavy atom. The zero-order valence-corrected chi connectivity index (χ0v) is 6.73. The summed E-state index contributed by atoms with van der Waals surface area (Å²) in [6.07, 6.45) is 1.47. The molecule has 5 nitrogen and oxygen atoms in total. The average Bonchev–Trinajstić information content (AvgIpc) is 2.53. The number of nitrogens with one attached hydrogen (secondary N) is 1. The molecule has 0 aliphatic rings. The van der Waals surface area contributed by atoms with Crippen molar-refractivity contribution >= 4 is 29.3 Å². The minimum atomic E-state index is -1.52. The fourth-order valence-corrected chi connectivity index (χ4v) is 1.28. The lowest BCUT2D eigenvalue weighted by atomic mass is 9.79. The highest BCUT2D eigenvalue weighted by molar-refractivity contribution is 6.61. The highest BCUT2D eigenvalue weighted by Gasteiger charge is 2.16. The number of fused-ring (bicyclic) bond motifs is 1. The number of aromatic amines is 1. The molecule has 0 amide bonds. The molecule has 0 saturated heterocycles. The van der Waals surface area contributed by atoms with Crippen LogP contribution in [0.4, 0.5) is 5.69 Å². The maximum absolute atomic E-state index is 8.99. The molecule has 2 aromatic rings. The molecular weight excluding hydrogens is 169 g/mol. The van der Waals surface area contributed by atoms with Crippen molar-refractivity contribution < 1.29 is 10.0 Å². The molecule has 1 aromatic heterocycles. The largest absolute Gasteiger partial charge is 0.490 e. The number of nitrogen functional groups attached to an aromatic ring is 1. The highest BCUT2D eigenvalue weighted by atomic mass is 16.4. The Balaban J connectivity index is 2.78. The average molecular weight is 177 g/mol. The Labute approximate surface area is 74.4 Å². The monoisotopic (exact) mass is 177 g/mol. The van der Waals surface area contributed by atoms with E-state index >= 15 is 0 Å². The van der Waals surface area contributed by atoms with Crippen molar-refractivity contribution in [2.75, 3.05) is 5.73 Å². The molecule has 0 aliphatic carbocycles. The Hall–Kier alpha value is -1.53. The maximum Gasteiger partial charge on any atom is 0.490 e. The molecule has 0 fully saturated rings. The van der Waals surface area contributed by atoms with E-state index in [1.54, 1.807) is 12.1 Å². The van der Waals surface area contributed by atoms with Crippen molar-refractivity contribution in [3.63, 3.8) is 0 Å². The second kappa shape index (κ2) is 2.76. The van der Waals surface area contributed by atoms with Crippen molar-refractivity contribution in [1.29, 1.82) is 0 Å². The molecule has 5 N–H and O–H groups in total. The molecule has 0 spiro atoms. The summed E-state index contributed by atoms with van der Waals surface area (Å²) in [5, 5.41) is 18.0. The van der Waals surface area contributed by atoms with Crippen molar-refractivity contribution in [3.05, 3.63) is 18.5 Å². The molecule has 66 valence electrons. The molecule has 0 unspecified atom stereocenters. The smallest absolute Gasteiger partial charge is 0.423 e. The summed E-state index contributed by atoms with van der Waals surface area (Å²) in [5.41, 5.74) is 7.65. The first-order valence-electron chi connectivity index (χ1n) is 3.77. The molecule has 2 rings (SSSR count). The summed E-state index contributed by atoms with van der Waals surface area (Å²) in [4.78, 5) is 6.77. The van der Waals surface area contributed by atoms with Gasteiger partial charge < -0.3 is 20.8 Å². The van der Waals surface area contributed by atoms with Gasteiger partial charge in [0, 0.05) is 5.46 Å². The molecule has 0 saturated carbocycles. The lowest BCUT2D eigenvalue weighted by Gasteiger charge is -2.01. The van der Waals surface area contributed by atoms with Gasteiger partial charge in [0.15, 0.2) is 0 Å². The fraction of sp³-hybridized carbons (Fsp3) is 0. The van der Waals surface area contributed by atoms with Crippen LogP contribution < -0.4 is 11.2 Å². The summed E-state index contributed by atoms with van der Waals surface area (Å²) >= 11 is 0. The SMILES string of the molecule is Nc1ccc(B(O)O)c2nc[nH]c12. The topological polar surface area (TPSA) is 95.2 Å². The van der Waals surface area contributed by atoms with E-state index in [4.69, 9.17) is 15.8 Å². The molecule has 6 heteroatoms. The Morgan fingerprint density at radius 1 is 1.38 bits per heavy atom. The molecular formula is C7H8BN3O2. The van der Waals surface area contributed by atoms with Crippen LogP contribution >= 0.6 is 0 Å². The number of nitrogens with zero attached hydrogens (tertiary/aromatic N) is 1. The number of hydrogen-bond donors (Lipinski definition) is 4. The number of anilines is 1. The van der Waals surface area contributed by atoms with Gasteiger partial charge in [-0.1, -0.05) is 6.07 Å². The van der Waals surface area contributed by atoms with Gasteiger partial charge in [0.05, 0.1) is 23.0 Å². The predicted molar refractivity (Wildman–Crippen MR) is 50.3 cm³/mol. The lowest BCUT2D eigenvalue weighted by Crippen LogP contribution is -2.30. The summed E-state index contributed by atoms with van der Waals surface area (Å²) in [5.74, 6) is 0. The standard InChI is InChI=1S/C7H8BN3O2/c9-5-2-1-4(8(12)13)6-7(5)11-3-10-6/h1-3,12-13H,9H2,(H,10,11). The number of benzene rings is 1. The van der Waals surface area contributed by atoms with Crippen molar-refractivity contribution in [2.24, 2.45) is 0 Å². The van der Waals surface area contributed by atoms with Crippen LogP contribution in [0.25, 0.3) is 11.0 Å². The quantitative estimate of drug-likeness (QED) is 0.326. The first-order valence-corrected chi connectivity index (χ1v) is 3.77. The normalized spacial score (nSPS) is 10.6. The van der Waals surface area contributed by atoms with Crippen LogP contribution in [0, 0.1) is 0 Å². The zero-order chi connectivity index (χ0) is 9.42. The Kier molecular flexibility index (Phi) is 1.71. The van der Waals surface area contributed by atoms with E-state index in [0.717, 1.165) is 0 Å². The maximum atomic E-state index is 8.99. The predicted octanol–water partition coefficient (Wildman–Crippen LogP) is -1.18. The number of nitrogens with two attached hydrogens (primary N) is 1. The van der Waals surface area contributed by atoms with E-state index in [2.05, 4.69) is 9.97 Å². The van der Waals surface area contributed by atoms with Crippen molar-refractivity contribution in [2.45, 2.75) is 0 Å². The van der Waals surface area contributed by atoms with Gasteiger partial charge in [-0.2, -0.15) is 0 Å². The van der Waals surface area contributed by atoms with Gasteiger partial charge in [-0.05, 0) is 6.07 Å². The van der Waals surface area contributed by atoms with Crippen LogP contribution in [-0.4, -0.2) is 27.1 Å². The second-order valence-corrected chi connectivity index (χ2v) is 2.74. The molecule has 13 heavy (non-hydrogen) atoms. The van der Waals surface area contributed by atoms with Gasteiger partial charge in [-0.15, -0.1) is 0 Å². The van der Waals surface area contributed by atoms with Gasteiger partial charge in [0.2, 0.25) is 0 Å². The van der Waals surface area contributed by atoms with Gasteiger partial charge in [-0.25, -0.2) is 4.98 Å². The van der Waals surface area contributed by atoms with Gasteiger partial charge in [0.1, 0.15) is 0 Å². The van der Waals surface area contributed by atoms with Crippen LogP contribution in [0.1, 0.15) is 0 Å². The first-order chi connectivity index (χ1) is 6.20. The molecule has 0 bridgehead atoms. The third-order valence-corrected chi connectivity index (χ3v) is 1.92. The van der Waals surface area contributed by atoms with Gasteiger partial charge in [-0.3, -0.25) is 0 Å². The minimum absolute atomic E-state index is 0.352. The zero-order valence-electron chi connectivity index (χ0n) is 6.73. The van der Waals surface area contributed by atoms with Gasteiger partial charge in [0.25, 0.3) is 0 Å². The van der Waals surface area contributed by atoms with Crippen LogP contribution in [0.2, 0.25) is 0 Å². The van der Waals surface area contributed by atoms with E-state index < -0.39 is 7.12 Å². The summed E-state index contributed by atoms with van der Waals surface area (Å²) in [6, 6.07) is 3.15. The third kappa shape index (κ3) is 1.16. The van der Waals surface area contributed by atoms with E-state index in [1.165, 1.54) is 6.33 Å². The lowest BCUT2D eigenvalue weighted by molar-refractivity contribution is 0.426. The number of hydrogen-bond acceptors (Lipinski definition) is 4. The minimum Gasteiger partial charge on any atom is -0.423 e. The number of imidazole rings is 1. The number of rotatable bonds is 1. The van der Waals surface area contributed by atoms with Crippen molar-refractivity contribution in [1.82, 2.24) is 9.97 Å². The van der Waals surface area contributed by atoms with E-state index in [0.29, 0.717) is 22.2 Å². The van der Waals surface area contributed by atoms with E-state index in [1.807, 2.05) is 0 Å². The molecule has 0 radical (unpaired) electrons. The van der Waals surface area contributed by atoms with E-state index in [9.17, 15) is 0 Å². The fourth-order valence-electron chi connectivity index (χ4n) is 1.28. The third-order valence-electron chi connectivity index (χ3n) is 1.92. The van der Waals surface area contributed by atoms with Crippen LogP contribution in [0.3, 0.4) is 0 Å². The van der Waals surface area contributed by atoms with Crippen LogP contribution in [0.5, 0.6) is 0 Å². The second-order valence-electron chi connectivity index (χ2n) is 2.74. The summed E-state index contributed by atoms with van der Waals surface area (Å²) < 4.78 is 0.